The first-order valence-electron chi connectivity index (χ1n) is 8.12. The topological polar surface area (TPSA) is 34.9 Å². The molecule has 4 rings (SSSR count). The SMILES string of the molecule is CC1(C)CCc2nc3cc(-c4ccccc4)ccc3c(=O)n2C1. The van der Waals surface area contributed by atoms with Crippen LogP contribution in [0.2, 0.25) is 0 Å². The van der Waals surface area contributed by atoms with Crippen molar-refractivity contribution in [3.8, 4) is 11.1 Å². The van der Waals surface area contributed by atoms with E-state index in [4.69, 9.17) is 4.98 Å². The second kappa shape index (κ2) is 5.05. The van der Waals surface area contributed by atoms with Gasteiger partial charge in [0.25, 0.3) is 5.56 Å². The molecule has 0 radical (unpaired) electrons. The Balaban J connectivity index is 1.90. The first-order valence-corrected chi connectivity index (χ1v) is 8.12. The van der Waals surface area contributed by atoms with Crippen LogP contribution < -0.4 is 5.56 Å². The minimum Gasteiger partial charge on any atom is -0.296 e. The van der Waals surface area contributed by atoms with Crippen molar-refractivity contribution in [1.29, 1.82) is 0 Å². The summed E-state index contributed by atoms with van der Waals surface area (Å²) in [6.07, 6.45) is 1.94. The largest absolute Gasteiger partial charge is 0.296 e. The van der Waals surface area contributed by atoms with Crippen molar-refractivity contribution in [3.63, 3.8) is 0 Å². The third-order valence-electron chi connectivity index (χ3n) is 4.75. The van der Waals surface area contributed by atoms with Gasteiger partial charge in [0, 0.05) is 13.0 Å². The van der Waals surface area contributed by atoms with Crippen LogP contribution in [0.15, 0.2) is 53.3 Å². The Kier molecular flexibility index (Phi) is 3.12. The minimum atomic E-state index is 0.0948. The van der Waals surface area contributed by atoms with E-state index < -0.39 is 0 Å². The van der Waals surface area contributed by atoms with Gasteiger partial charge in [-0.25, -0.2) is 4.98 Å². The molecule has 23 heavy (non-hydrogen) atoms. The zero-order valence-electron chi connectivity index (χ0n) is 13.5. The zero-order valence-corrected chi connectivity index (χ0v) is 13.5. The Hall–Kier alpha value is -2.42. The highest BCUT2D eigenvalue weighted by Crippen LogP contribution is 2.30. The molecule has 0 aliphatic carbocycles. The lowest BCUT2D eigenvalue weighted by Crippen LogP contribution is -2.36. The first kappa shape index (κ1) is 14.2. The maximum Gasteiger partial charge on any atom is 0.261 e. The van der Waals surface area contributed by atoms with E-state index in [1.54, 1.807) is 0 Å². The second-order valence-electron chi connectivity index (χ2n) is 7.18. The molecule has 1 aliphatic heterocycles. The van der Waals surface area contributed by atoms with Crippen molar-refractivity contribution in [3.05, 3.63) is 64.7 Å². The number of aryl methyl sites for hydroxylation is 1. The predicted molar refractivity (Wildman–Crippen MR) is 93.5 cm³/mol. The average molecular weight is 304 g/mol. The number of rotatable bonds is 1. The quantitative estimate of drug-likeness (QED) is 0.680. The lowest BCUT2D eigenvalue weighted by Gasteiger charge is -2.31. The van der Waals surface area contributed by atoms with Crippen LogP contribution in [-0.4, -0.2) is 9.55 Å². The highest BCUT2D eigenvalue weighted by atomic mass is 16.1. The number of benzene rings is 2. The molecule has 0 saturated carbocycles. The van der Waals surface area contributed by atoms with Crippen LogP contribution >= 0.6 is 0 Å². The zero-order chi connectivity index (χ0) is 16.0. The van der Waals surface area contributed by atoms with Crippen molar-refractivity contribution < 1.29 is 0 Å². The molecule has 116 valence electrons. The van der Waals surface area contributed by atoms with Crippen LogP contribution in [0.4, 0.5) is 0 Å². The second-order valence-corrected chi connectivity index (χ2v) is 7.18. The summed E-state index contributed by atoms with van der Waals surface area (Å²) in [7, 11) is 0. The molecule has 1 aliphatic rings. The lowest BCUT2D eigenvalue weighted by molar-refractivity contribution is 0.240. The standard InChI is InChI=1S/C20H20N2O/c1-20(2)11-10-18-21-17-12-15(14-6-4-3-5-7-14)8-9-16(17)19(23)22(18)13-20/h3-9,12H,10-11,13H2,1-2H3. The van der Waals surface area contributed by atoms with Crippen molar-refractivity contribution >= 4 is 10.9 Å². The molecule has 0 amide bonds. The van der Waals surface area contributed by atoms with Gasteiger partial charge in [-0.05, 0) is 35.1 Å². The summed E-state index contributed by atoms with van der Waals surface area (Å²) in [6.45, 7) is 5.18. The molecule has 0 fully saturated rings. The summed E-state index contributed by atoms with van der Waals surface area (Å²) in [5.74, 6) is 0.923. The maximum atomic E-state index is 12.8. The monoisotopic (exact) mass is 304 g/mol. The van der Waals surface area contributed by atoms with Gasteiger partial charge in [-0.2, -0.15) is 0 Å². The average Bonchev–Trinajstić information content (AvgIpc) is 2.56. The lowest BCUT2D eigenvalue weighted by atomic mass is 9.85. The van der Waals surface area contributed by atoms with E-state index in [-0.39, 0.29) is 11.0 Å². The van der Waals surface area contributed by atoms with Crippen LogP contribution in [0.25, 0.3) is 22.0 Å². The highest BCUT2D eigenvalue weighted by molar-refractivity contribution is 5.83. The third kappa shape index (κ3) is 2.46. The van der Waals surface area contributed by atoms with Crippen molar-refractivity contribution in [2.24, 2.45) is 5.41 Å². The van der Waals surface area contributed by atoms with Gasteiger partial charge >= 0.3 is 0 Å². The highest BCUT2D eigenvalue weighted by Gasteiger charge is 2.27. The predicted octanol–water partition coefficient (Wildman–Crippen LogP) is 4.04. The van der Waals surface area contributed by atoms with Crippen LogP contribution in [-0.2, 0) is 13.0 Å². The molecular weight excluding hydrogens is 284 g/mol. The Morgan fingerprint density at radius 1 is 1.04 bits per heavy atom. The summed E-state index contributed by atoms with van der Waals surface area (Å²) >= 11 is 0. The molecule has 0 N–H and O–H groups in total. The number of aromatic nitrogens is 2. The van der Waals surface area contributed by atoms with Gasteiger partial charge in [0.15, 0.2) is 0 Å². The van der Waals surface area contributed by atoms with Crippen molar-refractivity contribution in [2.75, 3.05) is 0 Å². The van der Waals surface area contributed by atoms with Crippen LogP contribution in [0.3, 0.4) is 0 Å². The maximum absolute atomic E-state index is 12.8. The van der Waals surface area contributed by atoms with E-state index in [2.05, 4.69) is 26.0 Å². The number of fused-ring (bicyclic) bond motifs is 2. The normalized spacial score (nSPS) is 16.3. The van der Waals surface area contributed by atoms with E-state index in [0.717, 1.165) is 41.9 Å². The molecule has 0 atom stereocenters. The summed E-state index contributed by atoms with van der Waals surface area (Å²) in [5, 5.41) is 0.714. The number of nitrogens with zero attached hydrogens (tertiary/aromatic N) is 2. The van der Waals surface area contributed by atoms with Crippen LogP contribution in [0.5, 0.6) is 0 Å². The molecule has 2 aromatic carbocycles. The van der Waals surface area contributed by atoms with E-state index in [1.165, 1.54) is 0 Å². The van der Waals surface area contributed by atoms with Gasteiger partial charge in [0.2, 0.25) is 0 Å². The van der Waals surface area contributed by atoms with E-state index >= 15 is 0 Å². The third-order valence-corrected chi connectivity index (χ3v) is 4.75. The number of hydrogen-bond acceptors (Lipinski definition) is 2. The molecule has 0 bridgehead atoms. The molecule has 2 heterocycles. The molecular formula is C20H20N2O. The van der Waals surface area contributed by atoms with Crippen LogP contribution in [0, 0.1) is 5.41 Å². The van der Waals surface area contributed by atoms with Crippen molar-refractivity contribution in [2.45, 2.75) is 33.2 Å². The summed E-state index contributed by atoms with van der Waals surface area (Å²) in [4.78, 5) is 17.6. The molecule has 0 unspecified atom stereocenters. The van der Waals surface area contributed by atoms with Gasteiger partial charge in [-0.15, -0.1) is 0 Å². The molecule has 0 spiro atoms. The van der Waals surface area contributed by atoms with Crippen LogP contribution in [0.1, 0.15) is 26.1 Å². The summed E-state index contributed by atoms with van der Waals surface area (Å²) in [5.41, 5.74) is 3.32. The van der Waals surface area contributed by atoms with Gasteiger partial charge in [0.1, 0.15) is 5.82 Å². The van der Waals surface area contributed by atoms with Gasteiger partial charge in [-0.1, -0.05) is 50.2 Å². The smallest absolute Gasteiger partial charge is 0.261 e. The Bertz CT molecular complexity index is 939. The van der Waals surface area contributed by atoms with Gasteiger partial charge in [0.05, 0.1) is 10.9 Å². The van der Waals surface area contributed by atoms with E-state index in [0.29, 0.717) is 5.39 Å². The molecule has 0 saturated heterocycles. The fourth-order valence-corrected chi connectivity index (χ4v) is 3.39. The molecule has 3 aromatic rings. The summed E-state index contributed by atoms with van der Waals surface area (Å²) in [6, 6.07) is 16.2. The minimum absolute atomic E-state index is 0.0948. The van der Waals surface area contributed by atoms with E-state index in [9.17, 15) is 4.79 Å². The fraction of sp³-hybridized carbons (Fsp3) is 0.300. The molecule has 3 nitrogen and oxygen atoms in total. The Morgan fingerprint density at radius 3 is 2.61 bits per heavy atom. The molecule has 1 aromatic heterocycles. The van der Waals surface area contributed by atoms with Gasteiger partial charge in [-0.3, -0.25) is 9.36 Å². The van der Waals surface area contributed by atoms with Gasteiger partial charge < -0.3 is 0 Å². The van der Waals surface area contributed by atoms with Crippen molar-refractivity contribution in [1.82, 2.24) is 9.55 Å². The van der Waals surface area contributed by atoms with E-state index in [1.807, 2.05) is 41.0 Å². The summed E-state index contributed by atoms with van der Waals surface area (Å²) < 4.78 is 1.87. The number of hydrogen-bond donors (Lipinski definition) is 0. The fourth-order valence-electron chi connectivity index (χ4n) is 3.39. The first-order chi connectivity index (χ1) is 11.0. The Morgan fingerprint density at radius 2 is 1.83 bits per heavy atom. The molecule has 3 heteroatoms. The Labute approximate surface area is 135 Å².